The first kappa shape index (κ1) is 14.7. The van der Waals surface area contributed by atoms with Crippen LogP contribution in [0.3, 0.4) is 0 Å². The number of halogens is 1. The second-order valence-corrected chi connectivity index (χ2v) is 5.44. The molecule has 0 radical (unpaired) electrons. The zero-order valence-electron chi connectivity index (χ0n) is 10.9. The Morgan fingerprint density at radius 2 is 2.20 bits per heavy atom. The average Bonchev–Trinajstić information content (AvgIpc) is 2.90. The molecule has 0 bridgehead atoms. The highest BCUT2D eigenvalue weighted by Crippen LogP contribution is 2.30. The van der Waals surface area contributed by atoms with E-state index in [2.05, 4.69) is 10.3 Å². The van der Waals surface area contributed by atoms with Crippen molar-refractivity contribution in [3.8, 4) is 0 Å². The maximum absolute atomic E-state index is 12.4. The molecule has 0 aliphatic carbocycles. The molecule has 20 heavy (non-hydrogen) atoms. The van der Waals surface area contributed by atoms with Crippen LogP contribution in [0.5, 0.6) is 0 Å². The Balaban J connectivity index is 2.37. The molecule has 0 unspecified atom stereocenters. The first-order chi connectivity index (χ1) is 9.65. The second kappa shape index (κ2) is 6.63. The van der Waals surface area contributed by atoms with Crippen LogP contribution in [0, 0.1) is 0 Å². The van der Waals surface area contributed by atoms with Gasteiger partial charge in [-0.05, 0) is 24.6 Å². The van der Waals surface area contributed by atoms with Gasteiger partial charge in [0.15, 0.2) is 0 Å². The van der Waals surface area contributed by atoms with Crippen molar-refractivity contribution >= 4 is 39.6 Å². The minimum Gasteiger partial charge on any atom is -0.316 e. The van der Waals surface area contributed by atoms with E-state index in [0.717, 1.165) is 11.3 Å². The van der Waals surface area contributed by atoms with Crippen molar-refractivity contribution in [1.29, 1.82) is 0 Å². The van der Waals surface area contributed by atoms with Gasteiger partial charge in [-0.15, -0.1) is 22.9 Å². The highest BCUT2D eigenvalue weighted by Gasteiger charge is 2.19. The van der Waals surface area contributed by atoms with E-state index in [1.54, 1.807) is 30.5 Å². The number of rotatable bonds is 5. The maximum atomic E-state index is 12.4. The van der Waals surface area contributed by atoms with Gasteiger partial charge in [0.05, 0.1) is 5.56 Å². The van der Waals surface area contributed by atoms with Gasteiger partial charge in [0.2, 0.25) is 11.7 Å². The molecule has 1 amide bonds. The minimum atomic E-state index is -0.328. The van der Waals surface area contributed by atoms with E-state index in [4.69, 9.17) is 11.6 Å². The van der Waals surface area contributed by atoms with E-state index in [0.29, 0.717) is 16.3 Å². The van der Waals surface area contributed by atoms with Crippen molar-refractivity contribution in [3.63, 3.8) is 0 Å². The summed E-state index contributed by atoms with van der Waals surface area (Å²) in [6, 6.07) is 6.95. The van der Waals surface area contributed by atoms with Crippen LogP contribution in [0.25, 0.3) is 0 Å². The van der Waals surface area contributed by atoms with Crippen LogP contribution >= 0.6 is 22.9 Å². The summed E-state index contributed by atoms with van der Waals surface area (Å²) in [7, 11) is 0. The summed E-state index contributed by atoms with van der Waals surface area (Å²) < 4.78 is 0. The van der Waals surface area contributed by atoms with Gasteiger partial charge in [-0.3, -0.25) is 14.6 Å². The summed E-state index contributed by atoms with van der Waals surface area (Å²) in [5.41, 5.74) is 0.818. The number of pyridine rings is 1. The lowest BCUT2D eigenvalue weighted by molar-refractivity contribution is -0.113. The fourth-order valence-corrected chi connectivity index (χ4v) is 2.75. The Morgan fingerprint density at radius 1 is 1.40 bits per heavy atom. The number of aromatic nitrogens is 1. The number of nitrogens with zero attached hydrogens (tertiary/aromatic N) is 1. The van der Waals surface area contributed by atoms with Crippen molar-refractivity contribution in [3.05, 3.63) is 46.6 Å². The van der Waals surface area contributed by atoms with Crippen LogP contribution in [0.4, 0.5) is 5.00 Å². The van der Waals surface area contributed by atoms with Gasteiger partial charge < -0.3 is 5.32 Å². The molecule has 4 nitrogen and oxygen atoms in total. The Labute approximate surface area is 125 Å². The summed E-state index contributed by atoms with van der Waals surface area (Å²) in [5, 5.41) is 3.20. The van der Waals surface area contributed by atoms with E-state index in [-0.39, 0.29) is 17.6 Å². The Hall–Kier alpha value is -1.72. The SMILES string of the molecule is CCc1cc(C(=O)c2ccccn2)c(NC(=O)CCl)s1. The molecular weight excluding hydrogens is 296 g/mol. The van der Waals surface area contributed by atoms with Crippen molar-refractivity contribution < 1.29 is 9.59 Å². The standard InChI is InChI=1S/C14H13ClN2O2S/c1-2-9-7-10(14(20-9)17-12(18)8-15)13(19)11-5-3-4-6-16-11/h3-7H,2,8H2,1H3,(H,17,18). The van der Waals surface area contributed by atoms with Crippen molar-refractivity contribution in [2.45, 2.75) is 13.3 Å². The molecule has 0 fully saturated rings. The van der Waals surface area contributed by atoms with Gasteiger partial charge in [0.25, 0.3) is 0 Å². The van der Waals surface area contributed by atoms with Gasteiger partial charge in [0.1, 0.15) is 16.6 Å². The van der Waals surface area contributed by atoms with Crippen molar-refractivity contribution in [2.75, 3.05) is 11.2 Å². The summed E-state index contributed by atoms with van der Waals surface area (Å²) in [4.78, 5) is 28.9. The number of carbonyl (C=O) groups excluding carboxylic acids is 2. The number of amides is 1. The lowest BCUT2D eigenvalue weighted by Gasteiger charge is -2.03. The maximum Gasteiger partial charge on any atom is 0.239 e. The molecule has 0 spiro atoms. The van der Waals surface area contributed by atoms with E-state index >= 15 is 0 Å². The molecule has 2 aromatic heterocycles. The topological polar surface area (TPSA) is 59.1 Å². The van der Waals surface area contributed by atoms with E-state index in [1.807, 2.05) is 6.92 Å². The predicted octanol–water partition coefficient (Wildman–Crippen LogP) is 3.11. The monoisotopic (exact) mass is 308 g/mol. The molecule has 0 aliphatic heterocycles. The number of aryl methyl sites for hydroxylation is 1. The number of thiophene rings is 1. The van der Waals surface area contributed by atoms with E-state index in [9.17, 15) is 9.59 Å². The molecule has 0 saturated carbocycles. The predicted molar refractivity (Wildman–Crippen MR) is 80.7 cm³/mol. The molecule has 0 aliphatic rings. The number of nitrogens with one attached hydrogen (secondary N) is 1. The van der Waals surface area contributed by atoms with Crippen LogP contribution in [0.15, 0.2) is 30.5 Å². The van der Waals surface area contributed by atoms with Gasteiger partial charge in [-0.2, -0.15) is 0 Å². The lowest BCUT2D eigenvalue weighted by Crippen LogP contribution is -2.14. The fourth-order valence-electron chi connectivity index (χ4n) is 1.67. The van der Waals surface area contributed by atoms with Crippen LogP contribution in [-0.4, -0.2) is 22.6 Å². The fraction of sp³-hybridized carbons (Fsp3) is 0.214. The Kier molecular flexibility index (Phi) is 4.87. The van der Waals surface area contributed by atoms with Gasteiger partial charge >= 0.3 is 0 Å². The smallest absolute Gasteiger partial charge is 0.239 e. The molecule has 104 valence electrons. The molecule has 0 aromatic carbocycles. The summed E-state index contributed by atoms with van der Waals surface area (Å²) >= 11 is 6.87. The Bertz CT molecular complexity index is 625. The molecule has 2 heterocycles. The number of alkyl halides is 1. The van der Waals surface area contributed by atoms with Crippen LogP contribution in [0.2, 0.25) is 0 Å². The first-order valence-corrected chi connectivity index (χ1v) is 7.45. The highest BCUT2D eigenvalue weighted by atomic mass is 35.5. The highest BCUT2D eigenvalue weighted by molar-refractivity contribution is 7.16. The Morgan fingerprint density at radius 3 is 2.80 bits per heavy atom. The normalized spacial score (nSPS) is 10.3. The quantitative estimate of drug-likeness (QED) is 0.682. The van der Waals surface area contributed by atoms with Gasteiger partial charge in [-0.1, -0.05) is 13.0 Å². The second-order valence-electron chi connectivity index (χ2n) is 4.03. The van der Waals surface area contributed by atoms with Crippen molar-refractivity contribution in [2.24, 2.45) is 0 Å². The van der Waals surface area contributed by atoms with E-state index in [1.165, 1.54) is 11.3 Å². The molecule has 2 rings (SSSR count). The average molecular weight is 309 g/mol. The van der Waals surface area contributed by atoms with Gasteiger partial charge in [-0.25, -0.2) is 0 Å². The van der Waals surface area contributed by atoms with Gasteiger partial charge in [0, 0.05) is 11.1 Å². The van der Waals surface area contributed by atoms with Crippen LogP contribution < -0.4 is 5.32 Å². The third-order valence-corrected chi connectivity index (χ3v) is 4.09. The molecule has 6 heteroatoms. The summed E-state index contributed by atoms with van der Waals surface area (Å²) in [6.07, 6.45) is 2.36. The molecular formula is C14H13ClN2O2S. The number of anilines is 1. The third-order valence-electron chi connectivity index (χ3n) is 2.65. The largest absolute Gasteiger partial charge is 0.316 e. The zero-order valence-corrected chi connectivity index (χ0v) is 12.4. The minimum absolute atomic E-state index is 0.142. The summed E-state index contributed by atoms with van der Waals surface area (Å²) in [5.74, 6) is -0.672. The number of carbonyl (C=O) groups is 2. The summed E-state index contributed by atoms with van der Waals surface area (Å²) in [6.45, 7) is 1.99. The molecule has 0 saturated heterocycles. The molecule has 0 atom stereocenters. The molecule has 1 N–H and O–H groups in total. The number of ketones is 1. The number of hydrogen-bond acceptors (Lipinski definition) is 4. The van der Waals surface area contributed by atoms with Crippen molar-refractivity contribution in [1.82, 2.24) is 4.98 Å². The third kappa shape index (κ3) is 3.23. The lowest BCUT2D eigenvalue weighted by atomic mass is 10.1. The number of hydrogen-bond donors (Lipinski definition) is 1. The first-order valence-electron chi connectivity index (χ1n) is 6.10. The van der Waals surface area contributed by atoms with Crippen LogP contribution in [0.1, 0.15) is 27.9 Å². The zero-order chi connectivity index (χ0) is 14.5. The molecule has 2 aromatic rings. The van der Waals surface area contributed by atoms with Crippen LogP contribution in [-0.2, 0) is 11.2 Å². The van der Waals surface area contributed by atoms with E-state index < -0.39 is 0 Å².